The van der Waals surface area contributed by atoms with Crippen molar-refractivity contribution in [2.24, 2.45) is 0 Å². The predicted octanol–water partition coefficient (Wildman–Crippen LogP) is 3.43. The molecule has 4 nitrogen and oxygen atoms in total. The zero-order valence-corrected chi connectivity index (χ0v) is 12.7. The number of nitrogens with zero attached hydrogens (tertiary/aromatic N) is 2. The van der Waals surface area contributed by atoms with E-state index in [1.807, 2.05) is 22.6 Å². The molecule has 0 saturated heterocycles. The number of benzene rings is 1. The standard InChI is InChI=1S/C12H8ClFIN3O/c1-6-4-10(13)17-12(16-6)18-11(19)8-3-2-7(14)5-9(8)15/h2-5H,1H3,(H,16,17,18,19). The molecule has 0 bridgehead atoms. The topological polar surface area (TPSA) is 54.9 Å². The zero-order valence-electron chi connectivity index (χ0n) is 9.75. The van der Waals surface area contributed by atoms with Gasteiger partial charge in [0.25, 0.3) is 5.91 Å². The minimum Gasteiger partial charge on any atom is -0.290 e. The summed E-state index contributed by atoms with van der Waals surface area (Å²) in [5.74, 6) is -0.683. The van der Waals surface area contributed by atoms with Crippen LogP contribution in [-0.4, -0.2) is 15.9 Å². The minimum atomic E-state index is -0.411. The van der Waals surface area contributed by atoms with Crippen LogP contribution in [0.25, 0.3) is 0 Å². The van der Waals surface area contributed by atoms with Crippen LogP contribution in [0.4, 0.5) is 10.3 Å². The summed E-state index contributed by atoms with van der Waals surface area (Å²) in [5.41, 5.74) is 0.993. The van der Waals surface area contributed by atoms with Crippen LogP contribution in [-0.2, 0) is 0 Å². The van der Waals surface area contributed by atoms with E-state index in [-0.39, 0.29) is 11.1 Å². The van der Waals surface area contributed by atoms with E-state index < -0.39 is 11.7 Å². The first-order valence-corrected chi connectivity index (χ1v) is 6.69. The van der Waals surface area contributed by atoms with Crippen LogP contribution in [0.5, 0.6) is 0 Å². The SMILES string of the molecule is Cc1cc(Cl)nc(NC(=O)c2ccc(F)cc2I)n1. The van der Waals surface area contributed by atoms with E-state index in [0.29, 0.717) is 14.8 Å². The third kappa shape index (κ3) is 3.60. The number of halogens is 3. The molecular weight excluding hydrogens is 384 g/mol. The van der Waals surface area contributed by atoms with Gasteiger partial charge in [-0.2, -0.15) is 0 Å². The molecular formula is C12H8ClFIN3O. The molecule has 1 aromatic carbocycles. The Morgan fingerprint density at radius 1 is 1.37 bits per heavy atom. The molecule has 2 rings (SSSR count). The third-order valence-electron chi connectivity index (χ3n) is 2.22. The van der Waals surface area contributed by atoms with Gasteiger partial charge in [-0.1, -0.05) is 11.6 Å². The molecule has 0 saturated carbocycles. The van der Waals surface area contributed by atoms with Crippen molar-refractivity contribution in [2.45, 2.75) is 6.92 Å². The Bertz CT molecular complexity index is 631. The molecule has 0 aliphatic heterocycles. The highest BCUT2D eigenvalue weighted by atomic mass is 127. The summed E-state index contributed by atoms with van der Waals surface area (Å²) in [5, 5.41) is 2.77. The fraction of sp³-hybridized carbons (Fsp3) is 0.0833. The highest BCUT2D eigenvalue weighted by Crippen LogP contribution is 2.16. The maximum absolute atomic E-state index is 13.0. The summed E-state index contributed by atoms with van der Waals surface area (Å²) >= 11 is 7.67. The molecule has 0 aliphatic carbocycles. The van der Waals surface area contributed by atoms with Gasteiger partial charge in [0.1, 0.15) is 11.0 Å². The van der Waals surface area contributed by atoms with Crippen LogP contribution in [0.2, 0.25) is 5.15 Å². The number of carbonyl (C=O) groups excluding carboxylic acids is 1. The summed E-state index contributed by atoms with van der Waals surface area (Å²) in [6, 6.07) is 5.49. The number of rotatable bonds is 2. The molecule has 1 heterocycles. The van der Waals surface area contributed by atoms with Gasteiger partial charge in [-0.3, -0.25) is 10.1 Å². The zero-order chi connectivity index (χ0) is 14.0. The van der Waals surface area contributed by atoms with E-state index in [4.69, 9.17) is 11.6 Å². The number of amides is 1. The average molecular weight is 392 g/mol. The molecule has 7 heteroatoms. The number of nitrogens with one attached hydrogen (secondary N) is 1. The smallest absolute Gasteiger partial charge is 0.259 e. The highest BCUT2D eigenvalue weighted by Gasteiger charge is 2.12. The van der Waals surface area contributed by atoms with E-state index in [1.165, 1.54) is 18.2 Å². The Morgan fingerprint density at radius 2 is 2.11 bits per heavy atom. The molecule has 0 fully saturated rings. The molecule has 0 aliphatic rings. The van der Waals surface area contributed by atoms with E-state index in [1.54, 1.807) is 13.0 Å². The van der Waals surface area contributed by atoms with Crippen LogP contribution in [0.3, 0.4) is 0 Å². The van der Waals surface area contributed by atoms with Gasteiger partial charge in [0, 0.05) is 9.26 Å². The van der Waals surface area contributed by atoms with Crippen LogP contribution >= 0.6 is 34.2 Å². The fourth-order valence-corrected chi connectivity index (χ4v) is 2.39. The summed E-state index contributed by atoms with van der Waals surface area (Å²) in [6.07, 6.45) is 0. The summed E-state index contributed by atoms with van der Waals surface area (Å²) < 4.78 is 13.5. The number of aromatic nitrogens is 2. The van der Waals surface area contributed by atoms with Gasteiger partial charge in [0.05, 0.1) is 5.56 Å². The number of hydrogen-bond acceptors (Lipinski definition) is 3. The van der Waals surface area contributed by atoms with Crippen molar-refractivity contribution in [1.82, 2.24) is 9.97 Å². The third-order valence-corrected chi connectivity index (χ3v) is 3.31. The van der Waals surface area contributed by atoms with Crippen molar-refractivity contribution in [3.8, 4) is 0 Å². The quantitative estimate of drug-likeness (QED) is 0.630. The Labute approximate surface area is 127 Å². The van der Waals surface area contributed by atoms with Gasteiger partial charge < -0.3 is 0 Å². The van der Waals surface area contributed by atoms with Crippen molar-refractivity contribution in [1.29, 1.82) is 0 Å². The lowest BCUT2D eigenvalue weighted by Gasteiger charge is -2.06. The molecule has 1 N–H and O–H groups in total. The molecule has 0 spiro atoms. The molecule has 98 valence electrons. The maximum Gasteiger partial charge on any atom is 0.259 e. The molecule has 0 unspecified atom stereocenters. The summed E-state index contributed by atoms with van der Waals surface area (Å²) in [4.78, 5) is 19.9. The first-order chi connectivity index (χ1) is 8.95. The second-order valence-electron chi connectivity index (χ2n) is 3.73. The molecule has 1 amide bonds. The number of aryl methyl sites for hydroxylation is 1. The second kappa shape index (κ2) is 5.79. The van der Waals surface area contributed by atoms with Crippen molar-refractivity contribution in [2.75, 3.05) is 5.32 Å². The Morgan fingerprint density at radius 3 is 2.74 bits per heavy atom. The van der Waals surface area contributed by atoms with Gasteiger partial charge in [0.2, 0.25) is 5.95 Å². The second-order valence-corrected chi connectivity index (χ2v) is 5.28. The Hall–Kier alpha value is -1.28. The van der Waals surface area contributed by atoms with E-state index in [0.717, 1.165) is 0 Å². The Kier molecular flexibility index (Phi) is 4.31. The van der Waals surface area contributed by atoms with Crippen molar-refractivity contribution in [3.63, 3.8) is 0 Å². The predicted molar refractivity (Wildman–Crippen MR) is 78.8 cm³/mol. The van der Waals surface area contributed by atoms with E-state index in [9.17, 15) is 9.18 Å². The van der Waals surface area contributed by atoms with Crippen molar-refractivity contribution < 1.29 is 9.18 Å². The van der Waals surface area contributed by atoms with Crippen LogP contribution in [0.15, 0.2) is 24.3 Å². The fourth-order valence-electron chi connectivity index (χ4n) is 1.43. The van der Waals surface area contributed by atoms with Crippen LogP contribution < -0.4 is 5.32 Å². The van der Waals surface area contributed by atoms with Gasteiger partial charge in [0.15, 0.2) is 0 Å². The molecule has 19 heavy (non-hydrogen) atoms. The molecule has 2 aromatic rings. The number of carbonyl (C=O) groups is 1. The number of anilines is 1. The first kappa shape index (κ1) is 14.1. The number of hydrogen-bond donors (Lipinski definition) is 1. The first-order valence-electron chi connectivity index (χ1n) is 5.23. The lowest BCUT2D eigenvalue weighted by molar-refractivity contribution is 0.102. The van der Waals surface area contributed by atoms with E-state index in [2.05, 4.69) is 15.3 Å². The summed E-state index contributed by atoms with van der Waals surface area (Å²) in [7, 11) is 0. The van der Waals surface area contributed by atoms with Crippen molar-refractivity contribution in [3.05, 3.63) is 50.1 Å². The molecule has 0 radical (unpaired) electrons. The molecule has 1 aromatic heterocycles. The molecule has 0 atom stereocenters. The van der Waals surface area contributed by atoms with Crippen LogP contribution in [0.1, 0.15) is 16.1 Å². The highest BCUT2D eigenvalue weighted by molar-refractivity contribution is 14.1. The largest absolute Gasteiger partial charge is 0.290 e. The van der Waals surface area contributed by atoms with Gasteiger partial charge >= 0.3 is 0 Å². The van der Waals surface area contributed by atoms with Gasteiger partial charge in [-0.15, -0.1) is 0 Å². The van der Waals surface area contributed by atoms with Gasteiger partial charge in [-0.05, 0) is 53.8 Å². The lowest BCUT2D eigenvalue weighted by atomic mass is 10.2. The maximum atomic E-state index is 13.0. The Balaban J connectivity index is 2.25. The normalized spacial score (nSPS) is 10.3. The van der Waals surface area contributed by atoms with E-state index >= 15 is 0 Å². The monoisotopic (exact) mass is 391 g/mol. The summed E-state index contributed by atoms with van der Waals surface area (Å²) in [6.45, 7) is 1.74. The minimum absolute atomic E-state index is 0.120. The average Bonchev–Trinajstić information content (AvgIpc) is 2.26. The lowest BCUT2D eigenvalue weighted by Crippen LogP contribution is -2.16. The van der Waals surface area contributed by atoms with Crippen LogP contribution in [0, 0.1) is 16.3 Å². The van der Waals surface area contributed by atoms with Crippen molar-refractivity contribution >= 4 is 46.0 Å². The van der Waals surface area contributed by atoms with Gasteiger partial charge in [-0.25, -0.2) is 14.4 Å².